The Bertz CT molecular complexity index is 739. The molecule has 1 fully saturated rings. The Morgan fingerprint density at radius 2 is 1.84 bits per heavy atom. The molecule has 0 amide bonds. The highest BCUT2D eigenvalue weighted by Gasteiger charge is 2.31. The van der Waals surface area contributed by atoms with Gasteiger partial charge in [0.05, 0.1) is 0 Å². The van der Waals surface area contributed by atoms with Crippen LogP contribution in [0.3, 0.4) is 0 Å². The highest BCUT2D eigenvalue weighted by molar-refractivity contribution is 6.05. The van der Waals surface area contributed by atoms with Crippen LogP contribution in [0.4, 0.5) is 0 Å². The van der Waals surface area contributed by atoms with Gasteiger partial charge in [0.25, 0.3) is 0 Å². The number of furan rings is 1. The van der Waals surface area contributed by atoms with Crippen LogP contribution in [0.15, 0.2) is 46.9 Å². The van der Waals surface area contributed by atoms with Gasteiger partial charge in [0.1, 0.15) is 11.2 Å². The van der Waals surface area contributed by atoms with Gasteiger partial charge < -0.3 is 9.73 Å². The Hall–Kier alpha value is -1.80. The van der Waals surface area contributed by atoms with Crippen molar-refractivity contribution in [3.05, 3.63) is 48.0 Å². The molecule has 2 nitrogen and oxygen atoms in total. The number of benzene rings is 2. The summed E-state index contributed by atoms with van der Waals surface area (Å²) < 4.78 is 5.88. The second-order valence-corrected chi connectivity index (χ2v) is 5.46. The predicted molar refractivity (Wildman–Crippen MR) is 78.2 cm³/mol. The lowest BCUT2D eigenvalue weighted by atomic mass is 10.00. The molecule has 4 rings (SSSR count). The molecule has 1 aliphatic carbocycles. The third-order valence-corrected chi connectivity index (χ3v) is 4.16. The molecule has 2 aromatic carbocycles. The van der Waals surface area contributed by atoms with Gasteiger partial charge in [0.15, 0.2) is 0 Å². The van der Waals surface area contributed by atoms with E-state index in [0.717, 1.165) is 17.1 Å². The molecule has 0 aliphatic heterocycles. The second-order valence-electron chi connectivity index (χ2n) is 5.46. The Labute approximate surface area is 112 Å². The van der Waals surface area contributed by atoms with E-state index in [1.165, 1.54) is 29.2 Å². The quantitative estimate of drug-likeness (QED) is 0.752. The van der Waals surface area contributed by atoms with Gasteiger partial charge in [-0.3, -0.25) is 0 Å². The Morgan fingerprint density at radius 1 is 1.05 bits per heavy atom. The lowest BCUT2D eigenvalue weighted by Gasteiger charge is -2.15. The van der Waals surface area contributed by atoms with Crippen LogP contribution in [0.2, 0.25) is 0 Å². The molecule has 0 radical (unpaired) electrons. The molecule has 1 N–H and O–H groups in total. The number of hydrogen-bond acceptors (Lipinski definition) is 2. The molecule has 2 heteroatoms. The van der Waals surface area contributed by atoms with E-state index in [0.29, 0.717) is 6.04 Å². The zero-order chi connectivity index (χ0) is 12.8. The normalized spacial score (nSPS) is 17.1. The molecular weight excluding hydrogens is 234 g/mol. The minimum Gasteiger partial charge on any atom is -0.456 e. The zero-order valence-electron chi connectivity index (χ0n) is 11.0. The number of rotatable bonds is 3. The summed E-state index contributed by atoms with van der Waals surface area (Å²) in [5, 5.41) is 5.90. The van der Waals surface area contributed by atoms with Gasteiger partial charge in [0, 0.05) is 16.8 Å². The van der Waals surface area contributed by atoms with Crippen molar-refractivity contribution in [3.8, 4) is 0 Å². The van der Waals surface area contributed by atoms with Crippen LogP contribution in [0.1, 0.15) is 24.4 Å². The average molecular weight is 251 g/mol. The van der Waals surface area contributed by atoms with Crippen molar-refractivity contribution in [2.24, 2.45) is 5.92 Å². The zero-order valence-corrected chi connectivity index (χ0v) is 11.0. The minimum atomic E-state index is 0.484. The molecule has 96 valence electrons. The topological polar surface area (TPSA) is 25.2 Å². The van der Waals surface area contributed by atoms with Crippen molar-refractivity contribution in [3.63, 3.8) is 0 Å². The highest BCUT2D eigenvalue weighted by Crippen LogP contribution is 2.42. The van der Waals surface area contributed by atoms with E-state index < -0.39 is 0 Å². The molecular formula is C17H17NO. The van der Waals surface area contributed by atoms with Crippen molar-refractivity contribution in [2.75, 3.05) is 7.05 Å². The van der Waals surface area contributed by atoms with Gasteiger partial charge in [0.2, 0.25) is 0 Å². The summed E-state index contributed by atoms with van der Waals surface area (Å²) >= 11 is 0. The summed E-state index contributed by atoms with van der Waals surface area (Å²) in [5.74, 6) is 0.806. The van der Waals surface area contributed by atoms with Gasteiger partial charge in [-0.25, -0.2) is 0 Å². The molecule has 0 bridgehead atoms. The summed E-state index contributed by atoms with van der Waals surface area (Å²) in [4.78, 5) is 0. The van der Waals surface area contributed by atoms with Crippen LogP contribution in [0.25, 0.3) is 21.9 Å². The first-order valence-corrected chi connectivity index (χ1v) is 6.95. The molecule has 0 saturated heterocycles. The molecule has 3 aromatic rings. The SMILES string of the molecule is CNC(c1ccc2oc3ccccc3c2c1)C1CC1. The lowest BCUT2D eigenvalue weighted by molar-refractivity contribution is 0.529. The van der Waals surface area contributed by atoms with Gasteiger partial charge in [-0.05, 0) is 49.6 Å². The van der Waals surface area contributed by atoms with Crippen molar-refractivity contribution in [2.45, 2.75) is 18.9 Å². The Morgan fingerprint density at radius 3 is 2.63 bits per heavy atom. The van der Waals surface area contributed by atoms with E-state index in [9.17, 15) is 0 Å². The van der Waals surface area contributed by atoms with Gasteiger partial charge in [-0.1, -0.05) is 24.3 Å². The molecule has 1 aliphatic rings. The van der Waals surface area contributed by atoms with E-state index >= 15 is 0 Å². The van der Waals surface area contributed by atoms with Crippen LogP contribution >= 0.6 is 0 Å². The minimum absolute atomic E-state index is 0.484. The maximum absolute atomic E-state index is 5.88. The number of para-hydroxylation sites is 1. The van der Waals surface area contributed by atoms with Crippen LogP contribution in [0.5, 0.6) is 0 Å². The van der Waals surface area contributed by atoms with Gasteiger partial charge in [-0.15, -0.1) is 0 Å². The van der Waals surface area contributed by atoms with Crippen molar-refractivity contribution in [1.82, 2.24) is 5.32 Å². The maximum Gasteiger partial charge on any atom is 0.135 e. The average Bonchev–Trinajstić information content (AvgIpc) is 3.20. The predicted octanol–water partition coefficient (Wildman–Crippen LogP) is 4.26. The van der Waals surface area contributed by atoms with E-state index in [1.807, 2.05) is 12.1 Å². The molecule has 1 heterocycles. The summed E-state index contributed by atoms with van der Waals surface area (Å²) in [6, 6.07) is 15.3. The van der Waals surface area contributed by atoms with E-state index in [2.05, 4.69) is 42.7 Å². The van der Waals surface area contributed by atoms with E-state index in [4.69, 9.17) is 4.42 Å². The molecule has 19 heavy (non-hydrogen) atoms. The van der Waals surface area contributed by atoms with Crippen LogP contribution in [-0.2, 0) is 0 Å². The summed E-state index contributed by atoms with van der Waals surface area (Å²) in [6.07, 6.45) is 2.69. The fraction of sp³-hybridized carbons (Fsp3) is 0.294. The van der Waals surface area contributed by atoms with Crippen molar-refractivity contribution < 1.29 is 4.42 Å². The molecule has 1 aromatic heterocycles. The van der Waals surface area contributed by atoms with Crippen LogP contribution in [0, 0.1) is 5.92 Å². The fourth-order valence-electron chi connectivity index (χ4n) is 3.04. The largest absolute Gasteiger partial charge is 0.456 e. The highest BCUT2D eigenvalue weighted by atomic mass is 16.3. The first kappa shape index (κ1) is 11.1. The van der Waals surface area contributed by atoms with E-state index in [1.54, 1.807) is 0 Å². The number of hydrogen-bond donors (Lipinski definition) is 1. The van der Waals surface area contributed by atoms with Crippen molar-refractivity contribution >= 4 is 21.9 Å². The molecule has 1 atom stereocenters. The number of fused-ring (bicyclic) bond motifs is 3. The summed E-state index contributed by atoms with van der Waals surface area (Å²) in [6.45, 7) is 0. The number of nitrogens with one attached hydrogen (secondary N) is 1. The van der Waals surface area contributed by atoms with E-state index in [-0.39, 0.29) is 0 Å². The third kappa shape index (κ3) is 1.75. The van der Waals surface area contributed by atoms with Crippen LogP contribution in [-0.4, -0.2) is 7.05 Å². The Balaban J connectivity index is 1.91. The Kier molecular flexibility index (Phi) is 2.39. The standard InChI is InChI=1S/C17H17NO/c1-18-17(11-6-7-11)12-8-9-16-14(10-12)13-4-2-3-5-15(13)19-16/h2-5,8-11,17-18H,6-7H2,1H3. The third-order valence-electron chi connectivity index (χ3n) is 4.16. The maximum atomic E-state index is 5.88. The lowest BCUT2D eigenvalue weighted by Crippen LogP contribution is -2.17. The van der Waals surface area contributed by atoms with Crippen molar-refractivity contribution in [1.29, 1.82) is 0 Å². The summed E-state index contributed by atoms with van der Waals surface area (Å²) in [7, 11) is 2.06. The van der Waals surface area contributed by atoms with Crippen LogP contribution < -0.4 is 5.32 Å². The molecule has 1 unspecified atom stereocenters. The smallest absolute Gasteiger partial charge is 0.135 e. The second kappa shape index (κ2) is 4.10. The van der Waals surface area contributed by atoms with Gasteiger partial charge in [-0.2, -0.15) is 0 Å². The summed E-state index contributed by atoms with van der Waals surface area (Å²) in [5.41, 5.74) is 3.33. The molecule has 0 spiro atoms. The molecule has 1 saturated carbocycles. The first-order valence-electron chi connectivity index (χ1n) is 6.95. The first-order chi connectivity index (χ1) is 9.36. The monoisotopic (exact) mass is 251 g/mol. The fourth-order valence-corrected chi connectivity index (χ4v) is 3.04. The van der Waals surface area contributed by atoms with Gasteiger partial charge >= 0.3 is 0 Å².